The third kappa shape index (κ3) is 3.92. The van der Waals surface area contributed by atoms with Gasteiger partial charge in [-0.1, -0.05) is 18.2 Å². The molecule has 0 aliphatic carbocycles. The number of hydrogen-bond donors (Lipinski definition) is 1. The number of carbonyl (C=O) groups is 2. The number of imide groups is 1. The molecule has 32 heavy (non-hydrogen) atoms. The van der Waals surface area contributed by atoms with Gasteiger partial charge in [-0.25, -0.2) is 14.3 Å². The fraction of sp³-hybridized carbons (Fsp3) is 0.160. The van der Waals surface area contributed by atoms with Crippen LogP contribution in [-0.2, 0) is 16.1 Å². The molecular formula is C25H20FN3O2S. The normalized spacial score (nSPS) is 16.3. The Kier molecular flexibility index (Phi) is 5.28. The summed E-state index contributed by atoms with van der Waals surface area (Å²) in [5.74, 6) is -0.827. The highest BCUT2D eigenvalue weighted by Crippen LogP contribution is 2.32. The molecule has 5 nitrogen and oxygen atoms in total. The fourth-order valence-electron chi connectivity index (χ4n) is 3.81. The molecule has 2 amide bonds. The summed E-state index contributed by atoms with van der Waals surface area (Å²) in [6.45, 7) is 2.44. The minimum absolute atomic E-state index is 0.0962. The number of hydrogen-bond acceptors (Lipinski definition) is 5. The first-order valence-electron chi connectivity index (χ1n) is 10.3. The Morgan fingerprint density at radius 2 is 1.81 bits per heavy atom. The number of amides is 2. The van der Waals surface area contributed by atoms with Gasteiger partial charge in [-0.2, -0.15) is 0 Å². The van der Waals surface area contributed by atoms with Gasteiger partial charge in [0.2, 0.25) is 5.91 Å². The lowest BCUT2D eigenvalue weighted by Crippen LogP contribution is -2.38. The van der Waals surface area contributed by atoms with Crippen molar-refractivity contribution in [3.63, 3.8) is 0 Å². The molecule has 1 aliphatic rings. The number of benzene rings is 3. The van der Waals surface area contributed by atoms with E-state index in [0.29, 0.717) is 12.2 Å². The van der Waals surface area contributed by atoms with E-state index in [2.05, 4.69) is 23.3 Å². The topological polar surface area (TPSA) is 62.3 Å². The number of nitrogens with zero attached hydrogens (tertiary/aromatic N) is 2. The number of aryl methyl sites for hydroxylation is 1. The van der Waals surface area contributed by atoms with Crippen molar-refractivity contribution in [2.75, 3.05) is 4.90 Å². The third-order valence-corrected chi connectivity index (χ3v) is 6.60. The van der Waals surface area contributed by atoms with Crippen molar-refractivity contribution < 1.29 is 14.0 Å². The lowest BCUT2D eigenvalue weighted by Gasteiger charge is -2.16. The highest BCUT2D eigenvalue weighted by atomic mass is 32.1. The summed E-state index contributed by atoms with van der Waals surface area (Å²) in [5.41, 5.74) is 4.49. The van der Waals surface area contributed by atoms with E-state index in [9.17, 15) is 14.0 Å². The lowest BCUT2D eigenvalue weighted by molar-refractivity contribution is -0.121. The van der Waals surface area contributed by atoms with Crippen molar-refractivity contribution in [3.05, 3.63) is 83.7 Å². The molecule has 0 radical (unpaired) electrons. The predicted molar refractivity (Wildman–Crippen MR) is 124 cm³/mol. The second-order valence-electron chi connectivity index (χ2n) is 7.87. The zero-order chi connectivity index (χ0) is 22.2. The molecule has 0 spiro atoms. The maximum atomic E-state index is 13.1. The van der Waals surface area contributed by atoms with Gasteiger partial charge in [0.1, 0.15) is 10.8 Å². The largest absolute Gasteiger partial charge is 0.301 e. The third-order valence-electron chi connectivity index (χ3n) is 5.53. The van der Waals surface area contributed by atoms with Crippen LogP contribution in [0.25, 0.3) is 20.8 Å². The molecule has 1 aliphatic heterocycles. The number of thiazole rings is 1. The van der Waals surface area contributed by atoms with E-state index in [1.165, 1.54) is 22.6 Å². The molecule has 1 unspecified atom stereocenters. The van der Waals surface area contributed by atoms with Crippen LogP contribution in [-0.4, -0.2) is 22.8 Å². The molecule has 5 rings (SSSR count). The van der Waals surface area contributed by atoms with E-state index in [-0.39, 0.29) is 24.1 Å². The standard InChI is InChI=1S/C25H20FN3O2S/c1-15-2-11-20-22(12-15)32-24(28-20)17-5-9-19(10-6-17)29-23(30)13-21(25(29)31)27-14-16-3-7-18(26)8-4-16/h2-12,21,27H,13-14H2,1H3. The van der Waals surface area contributed by atoms with Crippen LogP contribution >= 0.6 is 11.3 Å². The summed E-state index contributed by atoms with van der Waals surface area (Å²) >= 11 is 1.62. The van der Waals surface area contributed by atoms with Crippen molar-refractivity contribution in [1.82, 2.24) is 10.3 Å². The second kappa shape index (κ2) is 8.26. The van der Waals surface area contributed by atoms with Crippen LogP contribution in [0.2, 0.25) is 0 Å². The second-order valence-corrected chi connectivity index (χ2v) is 8.90. The van der Waals surface area contributed by atoms with E-state index in [1.807, 2.05) is 24.3 Å². The molecule has 1 N–H and O–H groups in total. The Hall–Kier alpha value is -3.42. The zero-order valence-electron chi connectivity index (χ0n) is 17.3. The predicted octanol–water partition coefficient (Wildman–Crippen LogP) is 4.83. The van der Waals surface area contributed by atoms with Gasteiger partial charge in [0.15, 0.2) is 0 Å². The molecular weight excluding hydrogens is 425 g/mol. The molecule has 0 saturated carbocycles. The minimum atomic E-state index is -0.597. The average Bonchev–Trinajstić information content (AvgIpc) is 3.33. The van der Waals surface area contributed by atoms with E-state index in [0.717, 1.165) is 26.4 Å². The molecule has 160 valence electrons. The first kappa shape index (κ1) is 20.5. The maximum absolute atomic E-state index is 13.1. The van der Waals surface area contributed by atoms with Gasteiger partial charge in [0.25, 0.3) is 5.91 Å². The van der Waals surface area contributed by atoms with Crippen LogP contribution in [0.15, 0.2) is 66.7 Å². The fourth-order valence-corrected chi connectivity index (χ4v) is 4.88. The number of anilines is 1. The Bertz CT molecular complexity index is 1320. The molecule has 1 atom stereocenters. The molecule has 1 aromatic heterocycles. The smallest absolute Gasteiger partial charge is 0.251 e. The Morgan fingerprint density at radius 1 is 1.06 bits per heavy atom. The van der Waals surface area contributed by atoms with Crippen LogP contribution in [0.4, 0.5) is 10.1 Å². The lowest BCUT2D eigenvalue weighted by atomic mass is 10.2. The Morgan fingerprint density at radius 3 is 2.56 bits per heavy atom. The van der Waals surface area contributed by atoms with Gasteiger partial charge < -0.3 is 5.32 Å². The summed E-state index contributed by atoms with van der Waals surface area (Å²) < 4.78 is 14.2. The first-order chi connectivity index (χ1) is 15.5. The number of rotatable bonds is 5. The van der Waals surface area contributed by atoms with E-state index in [4.69, 9.17) is 0 Å². The van der Waals surface area contributed by atoms with Gasteiger partial charge in [-0.05, 0) is 66.6 Å². The van der Waals surface area contributed by atoms with E-state index < -0.39 is 6.04 Å². The Balaban J connectivity index is 1.31. The number of carbonyl (C=O) groups excluding carboxylic acids is 2. The zero-order valence-corrected chi connectivity index (χ0v) is 18.2. The van der Waals surface area contributed by atoms with Crippen LogP contribution in [0.5, 0.6) is 0 Å². The van der Waals surface area contributed by atoms with E-state index in [1.54, 1.807) is 35.6 Å². The number of aromatic nitrogens is 1. The van der Waals surface area contributed by atoms with Crippen LogP contribution in [0.1, 0.15) is 17.5 Å². The average molecular weight is 446 g/mol. The van der Waals surface area contributed by atoms with Gasteiger partial charge in [-0.3, -0.25) is 9.59 Å². The molecule has 2 heterocycles. The summed E-state index contributed by atoms with van der Waals surface area (Å²) in [7, 11) is 0. The monoisotopic (exact) mass is 445 g/mol. The summed E-state index contributed by atoms with van der Waals surface area (Å²) in [6, 6.07) is 19.0. The molecule has 3 aromatic carbocycles. The van der Waals surface area contributed by atoms with Gasteiger partial charge >= 0.3 is 0 Å². The molecule has 1 saturated heterocycles. The van der Waals surface area contributed by atoms with Crippen molar-refractivity contribution in [2.24, 2.45) is 0 Å². The van der Waals surface area contributed by atoms with Gasteiger partial charge in [-0.15, -0.1) is 11.3 Å². The highest BCUT2D eigenvalue weighted by Gasteiger charge is 2.39. The van der Waals surface area contributed by atoms with Crippen molar-refractivity contribution in [3.8, 4) is 10.6 Å². The maximum Gasteiger partial charge on any atom is 0.251 e. The van der Waals surface area contributed by atoms with E-state index >= 15 is 0 Å². The van der Waals surface area contributed by atoms with Crippen LogP contribution in [0, 0.1) is 12.7 Å². The molecule has 7 heteroatoms. The molecule has 1 fully saturated rings. The minimum Gasteiger partial charge on any atom is -0.301 e. The molecule has 0 bridgehead atoms. The highest BCUT2D eigenvalue weighted by molar-refractivity contribution is 7.21. The van der Waals surface area contributed by atoms with Crippen LogP contribution in [0.3, 0.4) is 0 Å². The van der Waals surface area contributed by atoms with Gasteiger partial charge in [0.05, 0.1) is 28.4 Å². The van der Waals surface area contributed by atoms with Crippen molar-refractivity contribution in [1.29, 1.82) is 0 Å². The van der Waals surface area contributed by atoms with Crippen LogP contribution < -0.4 is 10.2 Å². The molecule has 4 aromatic rings. The summed E-state index contributed by atoms with van der Waals surface area (Å²) in [6.07, 6.45) is 0.0962. The number of nitrogens with one attached hydrogen (secondary N) is 1. The van der Waals surface area contributed by atoms with Crippen molar-refractivity contribution >= 4 is 39.1 Å². The van der Waals surface area contributed by atoms with Gasteiger partial charge in [0, 0.05) is 12.1 Å². The SMILES string of the molecule is Cc1ccc2nc(-c3ccc(N4C(=O)CC(NCc5ccc(F)cc5)C4=O)cc3)sc2c1. The number of fused-ring (bicyclic) bond motifs is 1. The summed E-state index contributed by atoms with van der Waals surface area (Å²) in [4.78, 5) is 31.3. The first-order valence-corrected chi connectivity index (χ1v) is 11.1. The van der Waals surface area contributed by atoms with Crippen molar-refractivity contribution in [2.45, 2.75) is 25.9 Å². The Labute approximate surface area is 188 Å². The quantitative estimate of drug-likeness (QED) is 0.447. The number of halogens is 1. The summed E-state index contributed by atoms with van der Waals surface area (Å²) in [5, 5.41) is 4.01.